The molecule has 1 unspecified atom stereocenters. The Morgan fingerprint density at radius 1 is 1.19 bits per heavy atom. The third-order valence-corrected chi connectivity index (χ3v) is 4.24. The molecule has 0 saturated heterocycles. The van der Waals surface area contributed by atoms with E-state index >= 15 is 0 Å². The molecule has 1 aromatic carbocycles. The number of thiazole rings is 1. The molecule has 1 atom stereocenters. The lowest BCUT2D eigenvalue weighted by atomic mass is 9.94. The van der Waals surface area contributed by atoms with Crippen LogP contribution in [0.3, 0.4) is 0 Å². The van der Waals surface area contributed by atoms with Gasteiger partial charge < -0.3 is 5.32 Å². The van der Waals surface area contributed by atoms with Gasteiger partial charge in [0.25, 0.3) is 0 Å². The third-order valence-electron chi connectivity index (χ3n) is 3.42. The fourth-order valence-electron chi connectivity index (χ4n) is 2.37. The Hall–Kier alpha value is -1.26. The van der Waals surface area contributed by atoms with Gasteiger partial charge in [0.1, 0.15) is 5.82 Å². The van der Waals surface area contributed by atoms with Crippen LogP contribution in [0.2, 0.25) is 0 Å². The molecule has 21 heavy (non-hydrogen) atoms. The minimum atomic E-state index is -0.175. The van der Waals surface area contributed by atoms with Crippen molar-refractivity contribution in [2.45, 2.75) is 39.7 Å². The summed E-state index contributed by atoms with van der Waals surface area (Å²) >= 11 is 1.70. The van der Waals surface area contributed by atoms with Gasteiger partial charge in [-0.1, -0.05) is 26.0 Å². The monoisotopic (exact) mass is 306 g/mol. The number of nitrogens with zero attached hydrogens (tertiary/aromatic N) is 1. The number of nitrogens with one attached hydrogen (secondary N) is 1. The largest absolute Gasteiger partial charge is 0.314 e. The first-order valence-electron chi connectivity index (χ1n) is 7.41. The first-order chi connectivity index (χ1) is 10.0. The summed E-state index contributed by atoms with van der Waals surface area (Å²) < 4.78 is 13.0. The SMILES string of the molecule is Cc1nc(CC(CNC(C)C)Cc2ccc(F)cc2)cs1. The van der Waals surface area contributed by atoms with Crippen molar-refractivity contribution < 1.29 is 4.39 Å². The average Bonchev–Trinajstić information content (AvgIpc) is 2.84. The van der Waals surface area contributed by atoms with E-state index in [9.17, 15) is 4.39 Å². The molecule has 0 aliphatic carbocycles. The molecule has 0 amide bonds. The van der Waals surface area contributed by atoms with E-state index in [0.717, 1.165) is 30.1 Å². The summed E-state index contributed by atoms with van der Waals surface area (Å²) in [4.78, 5) is 4.56. The van der Waals surface area contributed by atoms with Gasteiger partial charge in [0.05, 0.1) is 10.7 Å². The van der Waals surface area contributed by atoms with E-state index in [2.05, 4.69) is 29.5 Å². The number of aromatic nitrogens is 1. The number of halogens is 1. The number of benzene rings is 1. The molecule has 4 heteroatoms. The summed E-state index contributed by atoms with van der Waals surface area (Å²) in [6.45, 7) is 7.30. The van der Waals surface area contributed by atoms with Gasteiger partial charge in [-0.15, -0.1) is 11.3 Å². The van der Waals surface area contributed by atoms with E-state index in [1.165, 1.54) is 17.7 Å². The molecular weight excluding hydrogens is 283 g/mol. The van der Waals surface area contributed by atoms with Crippen LogP contribution in [-0.2, 0) is 12.8 Å². The van der Waals surface area contributed by atoms with Crippen LogP contribution >= 0.6 is 11.3 Å². The molecule has 0 saturated carbocycles. The Balaban J connectivity index is 2.02. The van der Waals surface area contributed by atoms with Crippen LogP contribution in [0.4, 0.5) is 4.39 Å². The van der Waals surface area contributed by atoms with E-state index in [4.69, 9.17) is 0 Å². The maximum atomic E-state index is 13.0. The van der Waals surface area contributed by atoms with Crippen molar-refractivity contribution in [1.29, 1.82) is 0 Å². The van der Waals surface area contributed by atoms with E-state index in [0.29, 0.717) is 12.0 Å². The van der Waals surface area contributed by atoms with Crippen molar-refractivity contribution in [1.82, 2.24) is 10.3 Å². The zero-order valence-corrected chi connectivity index (χ0v) is 13.7. The van der Waals surface area contributed by atoms with Gasteiger partial charge in [-0.2, -0.15) is 0 Å². The topological polar surface area (TPSA) is 24.9 Å². The van der Waals surface area contributed by atoms with Crippen LogP contribution in [0.25, 0.3) is 0 Å². The van der Waals surface area contributed by atoms with Gasteiger partial charge in [-0.05, 0) is 49.9 Å². The fourth-order valence-corrected chi connectivity index (χ4v) is 3.00. The van der Waals surface area contributed by atoms with Crippen LogP contribution in [0, 0.1) is 18.7 Å². The zero-order chi connectivity index (χ0) is 15.2. The lowest BCUT2D eigenvalue weighted by molar-refractivity contribution is 0.441. The van der Waals surface area contributed by atoms with Crippen LogP contribution in [0.1, 0.15) is 30.1 Å². The maximum absolute atomic E-state index is 13.0. The van der Waals surface area contributed by atoms with Gasteiger partial charge in [-0.25, -0.2) is 9.37 Å². The average molecular weight is 306 g/mol. The molecule has 2 nitrogen and oxygen atoms in total. The quantitative estimate of drug-likeness (QED) is 0.836. The summed E-state index contributed by atoms with van der Waals surface area (Å²) in [6.07, 6.45) is 1.90. The van der Waals surface area contributed by atoms with Crippen molar-refractivity contribution in [3.8, 4) is 0 Å². The summed E-state index contributed by atoms with van der Waals surface area (Å²) in [5.74, 6) is 0.296. The summed E-state index contributed by atoms with van der Waals surface area (Å²) in [7, 11) is 0. The number of hydrogen-bond donors (Lipinski definition) is 1. The van der Waals surface area contributed by atoms with Crippen molar-refractivity contribution in [3.05, 3.63) is 51.7 Å². The highest BCUT2D eigenvalue weighted by Crippen LogP contribution is 2.17. The third kappa shape index (κ3) is 5.56. The molecule has 0 radical (unpaired) electrons. The Bertz CT molecular complexity index is 548. The molecule has 1 N–H and O–H groups in total. The summed E-state index contributed by atoms with van der Waals surface area (Å²) in [6, 6.07) is 7.30. The molecule has 0 aliphatic rings. The molecule has 1 aromatic heterocycles. The minimum absolute atomic E-state index is 0.175. The Morgan fingerprint density at radius 2 is 1.90 bits per heavy atom. The standard InChI is InChI=1S/C17H23FN2S/c1-12(2)19-10-15(9-17-11-21-13(3)20-17)8-14-4-6-16(18)7-5-14/h4-7,11-12,15,19H,8-10H2,1-3H3. The Kier molecular flexibility index (Phi) is 5.88. The van der Waals surface area contributed by atoms with Crippen molar-refractivity contribution >= 4 is 11.3 Å². The molecule has 0 fully saturated rings. The molecule has 114 valence electrons. The van der Waals surface area contributed by atoms with E-state index in [-0.39, 0.29) is 5.82 Å². The summed E-state index contributed by atoms with van der Waals surface area (Å²) in [5.41, 5.74) is 2.34. The van der Waals surface area contributed by atoms with Crippen LogP contribution in [0.15, 0.2) is 29.6 Å². The van der Waals surface area contributed by atoms with Gasteiger partial charge in [0, 0.05) is 11.4 Å². The molecular formula is C17H23FN2S. The van der Waals surface area contributed by atoms with Gasteiger partial charge in [0.15, 0.2) is 0 Å². The number of hydrogen-bond acceptors (Lipinski definition) is 3. The van der Waals surface area contributed by atoms with E-state index in [1.807, 2.05) is 19.1 Å². The smallest absolute Gasteiger partial charge is 0.123 e. The van der Waals surface area contributed by atoms with Crippen LogP contribution in [0.5, 0.6) is 0 Å². The first kappa shape index (κ1) is 16.1. The number of rotatable bonds is 7. The molecule has 2 rings (SSSR count). The highest BCUT2D eigenvalue weighted by Gasteiger charge is 2.13. The second-order valence-electron chi connectivity index (χ2n) is 5.82. The lowest BCUT2D eigenvalue weighted by Gasteiger charge is -2.18. The molecule has 0 aliphatic heterocycles. The molecule has 0 bridgehead atoms. The second-order valence-corrected chi connectivity index (χ2v) is 6.88. The Labute approximate surface area is 130 Å². The van der Waals surface area contributed by atoms with E-state index < -0.39 is 0 Å². The highest BCUT2D eigenvalue weighted by atomic mass is 32.1. The summed E-state index contributed by atoms with van der Waals surface area (Å²) in [5, 5.41) is 6.76. The maximum Gasteiger partial charge on any atom is 0.123 e. The van der Waals surface area contributed by atoms with Gasteiger partial charge >= 0.3 is 0 Å². The van der Waals surface area contributed by atoms with Crippen molar-refractivity contribution in [3.63, 3.8) is 0 Å². The van der Waals surface area contributed by atoms with Crippen LogP contribution in [-0.4, -0.2) is 17.6 Å². The molecule has 2 aromatic rings. The minimum Gasteiger partial charge on any atom is -0.314 e. The zero-order valence-electron chi connectivity index (χ0n) is 12.9. The van der Waals surface area contributed by atoms with E-state index in [1.54, 1.807) is 11.3 Å². The van der Waals surface area contributed by atoms with Gasteiger partial charge in [-0.3, -0.25) is 0 Å². The highest BCUT2D eigenvalue weighted by molar-refractivity contribution is 7.09. The van der Waals surface area contributed by atoms with Gasteiger partial charge in [0.2, 0.25) is 0 Å². The number of aryl methyl sites for hydroxylation is 1. The second kappa shape index (κ2) is 7.66. The normalized spacial score (nSPS) is 12.8. The molecule has 1 heterocycles. The first-order valence-corrected chi connectivity index (χ1v) is 8.29. The molecule has 0 spiro atoms. The fraction of sp³-hybridized carbons (Fsp3) is 0.471. The van der Waals surface area contributed by atoms with Crippen molar-refractivity contribution in [2.75, 3.05) is 6.54 Å². The van der Waals surface area contributed by atoms with Crippen LogP contribution < -0.4 is 5.32 Å². The predicted octanol–water partition coefficient (Wildman–Crippen LogP) is 3.99. The predicted molar refractivity (Wildman–Crippen MR) is 87.3 cm³/mol. The Morgan fingerprint density at radius 3 is 2.48 bits per heavy atom. The lowest BCUT2D eigenvalue weighted by Crippen LogP contribution is -2.31. The van der Waals surface area contributed by atoms with Crippen molar-refractivity contribution in [2.24, 2.45) is 5.92 Å².